The fraction of sp³-hybridized carbons (Fsp3) is 0.455. The third-order valence-corrected chi connectivity index (χ3v) is 2.73. The molecule has 0 aromatic heterocycles. The quantitative estimate of drug-likeness (QED) is 0.651. The lowest BCUT2D eigenvalue weighted by atomic mass is 9.85. The summed E-state index contributed by atoms with van der Waals surface area (Å²) in [5.74, 6) is 0.187. The minimum absolute atomic E-state index is 0.0203. The molecule has 3 heteroatoms. The molecule has 0 bridgehead atoms. The molecule has 0 aliphatic carbocycles. The molecule has 0 atom stereocenters. The summed E-state index contributed by atoms with van der Waals surface area (Å²) in [6.45, 7) is 7.59. The van der Waals surface area contributed by atoms with Crippen molar-refractivity contribution in [1.82, 2.24) is 0 Å². The highest BCUT2D eigenvalue weighted by Gasteiger charge is 2.22. The molecule has 2 N–H and O–H groups in total. The topological polar surface area (TPSA) is 40.5 Å². The van der Waals surface area contributed by atoms with Crippen molar-refractivity contribution in [3.63, 3.8) is 0 Å². The molecular weight excluding hydrogens is 200 g/mol. The lowest BCUT2D eigenvalue weighted by Crippen LogP contribution is -2.11. The van der Waals surface area contributed by atoms with Gasteiger partial charge in [0.15, 0.2) is 0 Å². The van der Waals surface area contributed by atoms with E-state index in [0.29, 0.717) is 11.1 Å². The number of rotatable bonds is 0. The Morgan fingerprint density at radius 3 is 2.14 bits per heavy atom. The van der Waals surface area contributed by atoms with E-state index in [0.717, 1.165) is 0 Å². The molecule has 14 heavy (non-hydrogen) atoms. The number of phenolic OH excluding ortho intramolecular Hbond substituents is 2. The number of benzene rings is 1. The van der Waals surface area contributed by atoms with Crippen LogP contribution in [0.5, 0.6) is 11.5 Å². The minimum Gasteiger partial charge on any atom is -0.507 e. The number of hydrogen-bond acceptors (Lipinski definition) is 2. The molecule has 0 saturated heterocycles. The zero-order valence-corrected chi connectivity index (χ0v) is 9.61. The Kier molecular flexibility index (Phi) is 2.68. The standard InChI is InChI=1S/C11H15ClO2/c1-6-9(12)8(13)5-7(10(6)14)11(2,3)4/h5,13-14H,1-4H3. The van der Waals surface area contributed by atoms with Crippen LogP contribution in [0.4, 0.5) is 0 Å². The summed E-state index contributed by atoms with van der Waals surface area (Å²) >= 11 is 5.79. The molecule has 0 unspecified atom stereocenters. The van der Waals surface area contributed by atoms with Gasteiger partial charge < -0.3 is 10.2 Å². The van der Waals surface area contributed by atoms with Crippen LogP contribution in [-0.2, 0) is 5.41 Å². The summed E-state index contributed by atoms with van der Waals surface area (Å²) < 4.78 is 0. The molecule has 0 radical (unpaired) electrons. The van der Waals surface area contributed by atoms with Crippen LogP contribution in [0.2, 0.25) is 5.02 Å². The van der Waals surface area contributed by atoms with Gasteiger partial charge in [-0.15, -0.1) is 0 Å². The summed E-state index contributed by atoms with van der Waals surface area (Å²) in [6.07, 6.45) is 0. The maximum Gasteiger partial charge on any atom is 0.135 e. The fourth-order valence-corrected chi connectivity index (χ4v) is 1.48. The molecule has 0 aliphatic rings. The first-order valence-electron chi connectivity index (χ1n) is 4.46. The van der Waals surface area contributed by atoms with E-state index in [4.69, 9.17) is 11.6 Å². The van der Waals surface area contributed by atoms with Gasteiger partial charge in [0, 0.05) is 11.1 Å². The van der Waals surface area contributed by atoms with E-state index >= 15 is 0 Å². The second-order valence-corrected chi connectivity index (χ2v) is 4.86. The third kappa shape index (κ3) is 1.80. The smallest absolute Gasteiger partial charge is 0.135 e. The molecule has 0 spiro atoms. The largest absolute Gasteiger partial charge is 0.507 e. The number of halogens is 1. The zero-order chi connectivity index (χ0) is 11.1. The molecule has 0 heterocycles. The molecule has 2 nitrogen and oxygen atoms in total. The van der Waals surface area contributed by atoms with Crippen LogP contribution in [-0.4, -0.2) is 10.2 Å². The highest BCUT2D eigenvalue weighted by Crippen LogP contribution is 2.41. The van der Waals surface area contributed by atoms with Crippen molar-refractivity contribution in [2.75, 3.05) is 0 Å². The zero-order valence-electron chi connectivity index (χ0n) is 8.85. The predicted molar refractivity (Wildman–Crippen MR) is 58.2 cm³/mol. The van der Waals surface area contributed by atoms with Crippen molar-refractivity contribution in [3.05, 3.63) is 22.2 Å². The first-order chi connectivity index (χ1) is 6.25. The summed E-state index contributed by atoms with van der Waals surface area (Å²) in [7, 11) is 0. The second kappa shape index (κ2) is 3.35. The minimum atomic E-state index is -0.211. The summed E-state index contributed by atoms with van der Waals surface area (Å²) in [4.78, 5) is 0. The Morgan fingerprint density at radius 1 is 1.21 bits per heavy atom. The van der Waals surface area contributed by atoms with Crippen LogP contribution in [0.15, 0.2) is 6.07 Å². The van der Waals surface area contributed by atoms with E-state index in [2.05, 4.69) is 0 Å². The Hall–Kier alpha value is -0.890. The van der Waals surface area contributed by atoms with Crippen molar-refractivity contribution in [2.24, 2.45) is 0 Å². The number of aromatic hydroxyl groups is 2. The molecule has 78 valence electrons. The van der Waals surface area contributed by atoms with Crippen LogP contribution in [0.1, 0.15) is 31.9 Å². The van der Waals surface area contributed by atoms with Crippen molar-refractivity contribution in [2.45, 2.75) is 33.1 Å². The van der Waals surface area contributed by atoms with E-state index in [9.17, 15) is 10.2 Å². The van der Waals surface area contributed by atoms with E-state index < -0.39 is 0 Å². The van der Waals surface area contributed by atoms with E-state index in [-0.39, 0.29) is 21.9 Å². The van der Waals surface area contributed by atoms with Gasteiger partial charge >= 0.3 is 0 Å². The van der Waals surface area contributed by atoms with Crippen molar-refractivity contribution in [3.8, 4) is 11.5 Å². The number of phenols is 2. The van der Waals surface area contributed by atoms with Crippen LogP contribution in [0, 0.1) is 6.92 Å². The molecular formula is C11H15ClO2. The Balaban J connectivity index is 3.49. The summed E-state index contributed by atoms with van der Waals surface area (Å²) in [5.41, 5.74) is 1.02. The maximum absolute atomic E-state index is 9.84. The third-order valence-electron chi connectivity index (χ3n) is 2.25. The maximum atomic E-state index is 9.84. The van der Waals surface area contributed by atoms with Gasteiger partial charge in [0.05, 0.1) is 5.02 Å². The second-order valence-electron chi connectivity index (χ2n) is 4.48. The average molecular weight is 215 g/mol. The predicted octanol–water partition coefficient (Wildman–Crippen LogP) is 3.36. The Bertz CT molecular complexity index is 365. The SMILES string of the molecule is Cc1c(O)c(C(C)(C)C)cc(O)c1Cl. The Morgan fingerprint density at radius 2 is 1.71 bits per heavy atom. The fourth-order valence-electron chi connectivity index (χ4n) is 1.34. The van der Waals surface area contributed by atoms with Gasteiger partial charge in [-0.05, 0) is 18.4 Å². The van der Waals surface area contributed by atoms with Crippen LogP contribution in [0.3, 0.4) is 0 Å². The summed E-state index contributed by atoms with van der Waals surface area (Å²) in [6, 6.07) is 1.52. The molecule has 1 aromatic rings. The average Bonchev–Trinajstić information content (AvgIpc) is 2.06. The van der Waals surface area contributed by atoms with Crippen molar-refractivity contribution < 1.29 is 10.2 Å². The molecule has 0 aliphatic heterocycles. The van der Waals surface area contributed by atoms with Gasteiger partial charge in [-0.2, -0.15) is 0 Å². The Labute approximate surface area is 89.1 Å². The lowest BCUT2D eigenvalue weighted by Gasteiger charge is -2.22. The van der Waals surface area contributed by atoms with Gasteiger partial charge in [0.2, 0.25) is 0 Å². The van der Waals surface area contributed by atoms with E-state index in [1.807, 2.05) is 20.8 Å². The molecule has 0 amide bonds. The summed E-state index contributed by atoms with van der Waals surface area (Å²) in [5, 5.41) is 19.6. The van der Waals surface area contributed by atoms with Crippen molar-refractivity contribution in [1.29, 1.82) is 0 Å². The lowest BCUT2D eigenvalue weighted by molar-refractivity contribution is 0.431. The first-order valence-corrected chi connectivity index (χ1v) is 4.84. The highest BCUT2D eigenvalue weighted by molar-refractivity contribution is 6.33. The van der Waals surface area contributed by atoms with Crippen LogP contribution < -0.4 is 0 Å². The van der Waals surface area contributed by atoms with Crippen LogP contribution >= 0.6 is 11.6 Å². The number of hydrogen-bond donors (Lipinski definition) is 2. The highest BCUT2D eigenvalue weighted by atomic mass is 35.5. The van der Waals surface area contributed by atoms with Gasteiger partial charge in [-0.25, -0.2) is 0 Å². The normalized spacial score (nSPS) is 11.8. The van der Waals surface area contributed by atoms with E-state index in [1.54, 1.807) is 6.92 Å². The molecule has 0 saturated carbocycles. The molecule has 0 fully saturated rings. The van der Waals surface area contributed by atoms with Gasteiger partial charge in [-0.1, -0.05) is 32.4 Å². The van der Waals surface area contributed by atoms with Crippen molar-refractivity contribution >= 4 is 11.6 Å². The monoisotopic (exact) mass is 214 g/mol. The van der Waals surface area contributed by atoms with Gasteiger partial charge in [0.25, 0.3) is 0 Å². The van der Waals surface area contributed by atoms with Gasteiger partial charge in [0.1, 0.15) is 11.5 Å². The first kappa shape index (κ1) is 11.2. The van der Waals surface area contributed by atoms with E-state index in [1.165, 1.54) is 6.07 Å². The van der Waals surface area contributed by atoms with Crippen LogP contribution in [0.25, 0.3) is 0 Å². The van der Waals surface area contributed by atoms with Gasteiger partial charge in [-0.3, -0.25) is 0 Å². The molecule has 1 aromatic carbocycles. The molecule has 1 rings (SSSR count).